The summed E-state index contributed by atoms with van der Waals surface area (Å²) in [7, 11) is 1.52. The maximum absolute atomic E-state index is 11.1. The van der Waals surface area contributed by atoms with Crippen molar-refractivity contribution in [1.82, 2.24) is 10.3 Å². The second-order valence-electron chi connectivity index (χ2n) is 2.30. The Labute approximate surface area is 81.5 Å². The van der Waals surface area contributed by atoms with Gasteiger partial charge in [0.2, 0.25) is 0 Å². The van der Waals surface area contributed by atoms with Crippen LogP contribution in [0, 0.1) is 0 Å². The van der Waals surface area contributed by atoms with E-state index in [0.29, 0.717) is 11.4 Å². The quantitative estimate of drug-likeness (QED) is 0.580. The van der Waals surface area contributed by atoms with Crippen LogP contribution in [0.2, 0.25) is 0 Å². The summed E-state index contributed by atoms with van der Waals surface area (Å²) in [5, 5.41) is 2.43. The number of nitrogens with two attached hydrogens (primary N) is 1. The molecule has 1 aromatic heterocycles. The van der Waals surface area contributed by atoms with Crippen LogP contribution in [0.15, 0.2) is 18.5 Å². The largest absolute Gasteiger partial charge is 0.396 e. The minimum atomic E-state index is -0.346. The van der Waals surface area contributed by atoms with Crippen molar-refractivity contribution in [2.24, 2.45) is 0 Å². The third kappa shape index (κ3) is 2.03. The van der Waals surface area contributed by atoms with Gasteiger partial charge in [0.15, 0.2) is 0 Å². The number of nitrogen functional groups attached to an aromatic ring is 1. The van der Waals surface area contributed by atoms with Crippen LogP contribution in [-0.2, 0) is 0 Å². The summed E-state index contributed by atoms with van der Waals surface area (Å²) in [5.74, 6) is 0. The van der Waals surface area contributed by atoms with Crippen LogP contribution in [0.4, 0.5) is 16.2 Å². The van der Waals surface area contributed by atoms with E-state index < -0.39 is 0 Å². The molecule has 0 radical (unpaired) electrons. The molecule has 1 aromatic rings. The molecule has 6 heteroatoms. The Kier molecular flexibility index (Phi) is 2.97. The summed E-state index contributed by atoms with van der Waals surface area (Å²) in [6, 6.07) is 1.26. The van der Waals surface area contributed by atoms with E-state index in [9.17, 15) is 4.79 Å². The first-order valence-electron chi connectivity index (χ1n) is 3.57. The number of amides is 2. The number of urea groups is 1. The van der Waals surface area contributed by atoms with E-state index in [1.807, 2.05) is 0 Å². The molecular weight excluding hydrogens is 188 g/mol. The summed E-state index contributed by atoms with van der Waals surface area (Å²) in [6.45, 7) is 0. The van der Waals surface area contributed by atoms with Crippen LogP contribution in [-0.4, -0.2) is 18.1 Å². The molecule has 0 spiro atoms. The summed E-state index contributed by atoms with van der Waals surface area (Å²) in [4.78, 5) is 14.9. The molecule has 0 saturated carbocycles. The lowest BCUT2D eigenvalue weighted by Crippen LogP contribution is -2.31. The third-order valence-electron chi connectivity index (χ3n) is 1.46. The van der Waals surface area contributed by atoms with Gasteiger partial charge in [0.05, 0.1) is 17.6 Å². The Bertz CT molecular complexity index is 317. The first-order valence-corrected chi connectivity index (χ1v) is 3.97. The second-order valence-corrected chi connectivity index (χ2v) is 2.70. The van der Waals surface area contributed by atoms with Gasteiger partial charge in [-0.1, -0.05) is 12.8 Å². The van der Waals surface area contributed by atoms with E-state index in [1.54, 1.807) is 6.07 Å². The molecule has 0 aliphatic rings. The fraction of sp³-hybridized carbons (Fsp3) is 0.143. The molecule has 0 fully saturated rings. The van der Waals surface area contributed by atoms with Crippen molar-refractivity contribution in [3.63, 3.8) is 0 Å². The van der Waals surface area contributed by atoms with Crippen molar-refractivity contribution in [1.29, 1.82) is 0 Å². The van der Waals surface area contributed by atoms with E-state index in [0.717, 1.165) is 4.31 Å². The Morgan fingerprint density at radius 2 is 2.46 bits per heavy atom. The molecule has 1 rings (SSSR count). The van der Waals surface area contributed by atoms with Gasteiger partial charge >= 0.3 is 6.03 Å². The average Bonchev–Trinajstić information content (AvgIpc) is 2.16. The number of nitrogens with zero attached hydrogens (tertiary/aromatic N) is 2. The Morgan fingerprint density at radius 1 is 1.77 bits per heavy atom. The number of thiol groups is 1. The molecule has 0 aliphatic heterocycles. The topological polar surface area (TPSA) is 71.2 Å². The van der Waals surface area contributed by atoms with Gasteiger partial charge in [-0.25, -0.2) is 9.10 Å². The zero-order valence-electron chi connectivity index (χ0n) is 7.06. The van der Waals surface area contributed by atoms with E-state index in [2.05, 4.69) is 23.1 Å². The lowest BCUT2D eigenvalue weighted by Gasteiger charge is -2.15. The van der Waals surface area contributed by atoms with Crippen molar-refractivity contribution in [3.05, 3.63) is 18.5 Å². The van der Waals surface area contributed by atoms with Gasteiger partial charge in [0, 0.05) is 13.2 Å². The lowest BCUT2D eigenvalue weighted by atomic mass is 10.3. The number of hydrogen-bond acceptors (Lipinski definition) is 4. The van der Waals surface area contributed by atoms with E-state index in [-0.39, 0.29) is 6.03 Å². The van der Waals surface area contributed by atoms with Crippen LogP contribution in [0.3, 0.4) is 0 Å². The lowest BCUT2D eigenvalue weighted by molar-refractivity contribution is 0.252. The van der Waals surface area contributed by atoms with Gasteiger partial charge in [-0.3, -0.25) is 4.98 Å². The molecule has 0 atom stereocenters. The van der Waals surface area contributed by atoms with E-state index in [4.69, 9.17) is 5.73 Å². The number of carbonyl (C=O) groups excluding carboxylic acids is 1. The number of hydrogen-bond donors (Lipinski definition) is 3. The van der Waals surface area contributed by atoms with Gasteiger partial charge in [0.25, 0.3) is 0 Å². The smallest absolute Gasteiger partial charge is 0.331 e. The molecule has 0 aromatic carbocycles. The Balaban J connectivity index is 2.95. The molecule has 70 valence electrons. The third-order valence-corrected chi connectivity index (χ3v) is 1.86. The normalized spacial score (nSPS) is 9.38. The van der Waals surface area contributed by atoms with Gasteiger partial charge in [-0.15, -0.1) is 0 Å². The molecular formula is C7H10N4OS. The van der Waals surface area contributed by atoms with Gasteiger partial charge < -0.3 is 11.1 Å². The predicted molar refractivity (Wildman–Crippen MR) is 54.6 cm³/mol. The number of aromatic nitrogens is 1. The summed E-state index contributed by atoms with van der Waals surface area (Å²) < 4.78 is 1.12. The summed E-state index contributed by atoms with van der Waals surface area (Å²) in [6.07, 6.45) is 3.00. The van der Waals surface area contributed by atoms with Gasteiger partial charge in [-0.05, 0) is 6.07 Å². The summed E-state index contributed by atoms with van der Waals surface area (Å²) >= 11 is 3.98. The molecule has 5 nitrogen and oxygen atoms in total. The average molecular weight is 198 g/mol. The number of rotatable bonds is 1. The number of pyridine rings is 1. The van der Waals surface area contributed by atoms with Crippen LogP contribution in [0.25, 0.3) is 0 Å². The SMILES string of the molecule is CNC(=O)N(S)c1ccncc1N. The van der Waals surface area contributed by atoms with Crippen molar-refractivity contribution < 1.29 is 4.79 Å². The van der Waals surface area contributed by atoms with Crippen LogP contribution < -0.4 is 15.4 Å². The molecule has 0 unspecified atom stereocenters. The van der Waals surface area contributed by atoms with Crippen molar-refractivity contribution in [2.45, 2.75) is 0 Å². The zero-order valence-corrected chi connectivity index (χ0v) is 7.95. The van der Waals surface area contributed by atoms with Crippen LogP contribution in [0.5, 0.6) is 0 Å². The van der Waals surface area contributed by atoms with E-state index >= 15 is 0 Å². The van der Waals surface area contributed by atoms with Crippen molar-refractivity contribution in [2.75, 3.05) is 17.1 Å². The van der Waals surface area contributed by atoms with Crippen LogP contribution in [0.1, 0.15) is 0 Å². The molecule has 0 saturated heterocycles. The molecule has 2 amide bonds. The first kappa shape index (κ1) is 9.66. The standard InChI is InChI=1S/C7H10N4OS/c1-9-7(12)11(13)6-2-3-10-4-5(6)8/h2-4,13H,8H2,1H3,(H,9,12). The van der Waals surface area contributed by atoms with Gasteiger partial charge in [-0.2, -0.15) is 0 Å². The molecule has 0 aliphatic carbocycles. The highest BCUT2D eigenvalue weighted by Crippen LogP contribution is 2.22. The maximum Gasteiger partial charge on any atom is 0.331 e. The number of carbonyl (C=O) groups is 1. The molecule has 3 N–H and O–H groups in total. The number of nitrogens with one attached hydrogen (secondary N) is 1. The molecule has 1 heterocycles. The minimum Gasteiger partial charge on any atom is -0.396 e. The predicted octanol–water partition coefficient (Wildman–Crippen LogP) is 0.654. The highest BCUT2D eigenvalue weighted by Gasteiger charge is 2.11. The maximum atomic E-state index is 11.1. The summed E-state index contributed by atoms with van der Waals surface area (Å²) in [5.41, 5.74) is 6.50. The fourth-order valence-corrected chi connectivity index (χ4v) is 1.09. The first-order chi connectivity index (χ1) is 6.16. The molecule has 13 heavy (non-hydrogen) atoms. The van der Waals surface area contributed by atoms with Gasteiger partial charge in [0.1, 0.15) is 0 Å². The minimum absolute atomic E-state index is 0.346. The highest BCUT2D eigenvalue weighted by atomic mass is 32.1. The van der Waals surface area contributed by atoms with Crippen LogP contribution >= 0.6 is 12.8 Å². The monoisotopic (exact) mass is 198 g/mol. The molecule has 0 bridgehead atoms. The van der Waals surface area contributed by atoms with Crippen molar-refractivity contribution >= 4 is 30.2 Å². The Morgan fingerprint density at radius 3 is 3.00 bits per heavy atom. The van der Waals surface area contributed by atoms with E-state index in [1.165, 1.54) is 19.4 Å². The van der Waals surface area contributed by atoms with Crippen molar-refractivity contribution in [3.8, 4) is 0 Å². The number of anilines is 2. The second kappa shape index (κ2) is 3.99. The zero-order chi connectivity index (χ0) is 9.84. The Hall–Kier alpha value is -1.43. The fourth-order valence-electron chi connectivity index (χ4n) is 0.808. The highest BCUT2D eigenvalue weighted by molar-refractivity contribution is 7.82.